The van der Waals surface area contributed by atoms with Crippen LogP contribution in [0.1, 0.15) is 38.7 Å². The fourth-order valence-electron chi connectivity index (χ4n) is 2.99. The van der Waals surface area contributed by atoms with Gasteiger partial charge in [0.1, 0.15) is 0 Å². The number of benzene rings is 1. The van der Waals surface area contributed by atoms with Crippen molar-refractivity contribution in [1.29, 1.82) is 0 Å². The molecular formula is C17H25ClN2O. The van der Waals surface area contributed by atoms with Crippen LogP contribution in [0, 0.1) is 0 Å². The van der Waals surface area contributed by atoms with Crippen LogP contribution in [0.3, 0.4) is 0 Å². The molecule has 2 fully saturated rings. The third-order valence-electron chi connectivity index (χ3n) is 4.45. The normalized spacial score (nSPS) is 26.1. The molecule has 3 rings (SSSR count). The number of hydrogen-bond donors (Lipinski definition) is 1. The topological polar surface area (TPSA) is 24.5 Å². The lowest BCUT2D eigenvalue weighted by Gasteiger charge is -2.41. The van der Waals surface area contributed by atoms with Crippen LogP contribution in [0.25, 0.3) is 0 Å². The Morgan fingerprint density at radius 3 is 2.90 bits per heavy atom. The van der Waals surface area contributed by atoms with E-state index in [1.54, 1.807) is 0 Å². The molecule has 2 atom stereocenters. The summed E-state index contributed by atoms with van der Waals surface area (Å²) in [6, 6.07) is 7.46. The molecule has 1 N–H and O–H groups in total. The van der Waals surface area contributed by atoms with E-state index in [0.29, 0.717) is 12.1 Å². The van der Waals surface area contributed by atoms with Crippen molar-refractivity contribution in [3.8, 4) is 0 Å². The molecule has 1 aromatic rings. The molecule has 1 saturated carbocycles. The molecule has 2 unspecified atom stereocenters. The van der Waals surface area contributed by atoms with Crippen molar-refractivity contribution in [3.63, 3.8) is 0 Å². The van der Waals surface area contributed by atoms with Crippen LogP contribution in [0.5, 0.6) is 0 Å². The Bertz CT molecular complexity index is 490. The monoisotopic (exact) mass is 308 g/mol. The van der Waals surface area contributed by atoms with Crippen LogP contribution in [0.2, 0.25) is 5.02 Å². The van der Waals surface area contributed by atoms with E-state index in [1.807, 2.05) is 6.07 Å². The van der Waals surface area contributed by atoms with E-state index in [1.165, 1.54) is 24.1 Å². The number of anilines is 1. The number of ether oxygens (including phenoxy) is 1. The molecule has 0 spiro atoms. The zero-order valence-electron chi connectivity index (χ0n) is 12.9. The molecule has 1 aliphatic heterocycles. The SMILES string of the molecule is CCC1COC(C)CN1c1ccc(Cl)cc1CNC1CC1. The van der Waals surface area contributed by atoms with Crippen molar-refractivity contribution in [2.24, 2.45) is 0 Å². The largest absolute Gasteiger partial charge is 0.375 e. The van der Waals surface area contributed by atoms with Crippen molar-refractivity contribution in [2.45, 2.75) is 57.8 Å². The Morgan fingerprint density at radius 2 is 2.19 bits per heavy atom. The van der Waals surface area contributed by atoms with Gasteiger partial charge in [0, 0.05) is 29.8 Å². The minimum absolute atomic E-state index is 0.285. The van der Waals surface area contributed by atoms with Crippen LogP contribution in [0.4, 0.5) is 5.69 Å². The summed E-state index contributed by atoms with van der Waals surface area (Å²) in [6.07, 6.45) is 4.00. The Labute approximate surface area is 132 Å². The Kier molecular flexibility index (Phi) is 4.72. The lowest BCUT2D eigenvalue weighted by Crippen LogP contribution is -2.49. The number of nitrogens with zero attached hydrogens (tertiary/aromatic N) is 1. The molecule has 0 radical (unpaired) electrons. The van der Waals surface area contributed by atoms with Crippen molar-refractivity contribution in [1.82, 2.24) is 5.32 Å². The van der Waals surface area contributed by atoms with Gasteiger partial charge in [0.2, 0.25) is 0 Å². The summed E-state index contributed by atoms with van der Waals surface area (Å²) < 4.78 is 5.82. The number of rotatable bonds is 5. The van der Waals surface area contributed by atoms with E-state index in [0.717, 1.165) is 31.1 Å². The molecule has 2 aliphatic rings. The third kappa shape index (κ3) is 3.71. The predicted molar refractivity (Wildman–Crippen MR) is 88.2 cm³/mol. The van der Waals surface area contributed by atoms with Gasteiger partial charge in [0.15, 0.2) is 0 Å². The number of halogens is 1. The smallest absolute Gasteiger partial charge is 0.0723 e. The summed E-state index contributed by atoms with van der Waals surface area (Å²) in [5.74, 6) is 0. The van der Waals surface area contributed by atoms with Gasteiger partial charge in [-0.15, -0.1) is 0 Å². The molecule has 0 amide bonds. The first-order valence-electron chi connectivity index (χ1n) is 8.07. The summed E-state index contributed by atoms with van der Waals surface area (Å²) in [5, 5.41) is 4.43. The average molecular weight is 309 g/mol. The van der Waals surface area contributed by atoms with E-state index >= 15 is 0 Å². The summed E-state index contributed by atoms with van der Waals surface area (Å²) in [5.41, 5.74) is 2.62. The standard InChI is InChI=1S/C17H25ClN2O/c1-3-16-11-21-12(2)10-20(16)17-7-4-14(18)8-13(17)9-19-15-5-6-15/h4,7-8,12,15-16,19H,3,5-6,9-11H2,1-2H3. The van der Waals surface area contributed by atoms with Gasteiger partial charge in [-0.3, -0.25) is 0 Å². The first-order chi connectivity index (χ1) is 10.2. The van der Waals surface area contributed by atoms with Gasteiger partial charge >= 0.3 is 0 Å². The average Bonchev–Trinajstić information content (AvgIpc) is 3.29. The van der Waals surface area contributed by atoms with Crippen molar-refractivity contribution >= 4 is 17.3 Å². The Balaban J connectivity index is 1.83. The fourth-order valence-corrected chi connectivity index (χ4v) is 3.19. The van der Waals surface area contributed by atoms with Crippen LogP contribution >= 0.6 is 11.6 Å². The minimum atomic E-state index is 0.285. The van der Waals surface area contributed by atoms with Crippen molar-refractivity contribution in [3.05, 3.63) is 28.8 Å². The van der Waals surface area contributed by atoms with Gasteiger partial charge < -0.3 is 15.0 Å². The second-order valence-electron chi connectivity index (χ2n) is 6.29. The maximum Gasteiger partial charge on any atom is 0.0723 e. The van der Waals surface area contributed by atoms with Crippen LogP contribution < -0.4 is 10.2 Å². The van der Waals surface area contributed by atoms with Gasteiger partial charge in [-0.2, -0.15) is 0 Å². The highest BCUT2D eigenvalue weighted by Gasteiger charge is 2.28. The molecule has 4 heteroatoms. The molecule has 0 aromatic heterocycles. The maximum atomic E-state index is 6.21. The highest BCUT2D eigenvalue weighted by Crippen LogP contribution is 2.30. The maximum absolute atomic E-state index is 6.21. The van der Waals surface area contributed by atoms with E-state index in [2.05, 4.69) is 36.2 Å². The highest BCUT2D eigenvalue weighted by atomic mass is 35.5. The van der Waals surface area contributed by atoms with Gasteiger partial charge in [0.05, 0.1) is 18.8 Å². The molecule has 1 aliphatic carbocycles. The summed E-state index contributed by atoms with van der Waals surface area (Å²) >= 11 is 6.21. The van der Waals surface area contributed by atoms with Gasteiger partial charge in [-0.25, -0.2) is 0 Å². The molecule has 3 nitrogen and oxygen atoms in total. The van der Waals surface area contributed by atoms with E-state index in [9.17, 15) is 0 Å². The first kappa shape index (κ1) is 15.1. The second kappa shape index (κ2) is 6.55. The number of hydrogen-bond acceptors (Lipinski definition) is 3. The second-order valence-corrected chi connectivity index (χ2v) is 6.72. The van der Waals surface area contributed by atoms with Crippen molar-refractivity contribution < 1.29 is 4.74 Å². The lowest BCUT2D eigenvalue weighted by molar-refractivity contribution is 0.0299. The molecular weight excluding hydrogens is 284 g/mol. The van der Waals surface area contributed by atoms with E-state index in [4.69, 9.17) is 16.3 Å². The molecule has 0 bridgehead atoms. The molecule has 1 aromatic carbocycles. The Morgan fingerprint density at radius 1 is 1.38 bits per heavy atom. The highest BCUT2D eigenvalue weighted by molar-refractivity contribution is 6.30. The molecule has 1 heterocycles. The molecule has 1 saturated heterocycles. The minimum Gasteiger partial charge on any atom is -0.375 e. The quantitative estimate of drug-likeness (QED) is 0.899. The van der Waals surface area contributed by atoms with E-state index < -0.39 is 0 Å². The van der Waals surface area contributed by atoms with Crippen molar-refractivity contribution in [2.75, 3.05) is 18.1 Å². The summed E-state index contributed by atoms with van der Waals surface area (Å²) in [6.45, 7) is 7.06. The number of nitrogens with one attached hydrogen (secondary N) is 1. The summed E-state index contributed by atoms with van der Waals surface area (Å²) in [4.78, 5) is 2.51. The van der Waals surface area contributed by atoms with Crippen LogP contribution in [-0.4, -0.2) is 31.3 Å². The molecule has 116 valence electrons. The van der Waals surface area contributed by atoms with Gasteiger partial charge in [0.25, 0.3) is 0 Å². The molecule has 21 heavy (non-hydrogen) atoms. The van der Waals surface area contributed by atoms with E-state index in [-0.39, 0.29) is 6.10 Å². The zero-order chi connectivity index (χ0) is 14.8. The third-order valence-corrected chi connectivity index (χ3v) is 4.68. The Hall–Kier alpha value is -0.770. The van der Waals surface area contributed by atoms with Gasteiger partial charge in [-0.05, 0) is 49.9 Å². The number of morpholine rings is 1. The van der Waals surface area contributed by atoms with Gasteiger partial charge in [-0.1, -0.05) is 18.5 Å². The first-order valence-corrected chi connectivity index (χ1v) is 8.45. The predicted octanol–water partition coefficient (Wildman–Crippen LogP) is 3.60. The summed E-state index contributed by atoms with van der Waals surface area (Å²) in [7, 11) is 0. The van der Waals surface area contributed by atoms with Crippen LogP contribution in [-0.2, 0) is 11.3 Å². The fraction of sp³-hybridized carbons (Fsp3) is 0.647. The zero-order valence-corrected chi connectivity index (χ0v) is 13.7. The van der Waals surface area contributed by atoms with Crippen LogP contribution in [0.15, 0.2) is 18.2 Å². The lowest BCUT2D eigenvalue weighted by atomic mass is 10.1.